The van der Waals surface area contributed by atoms with Crippen LogP contribution in [0.4, 0.5) is 4.79 Å². The van der Waals surface area contributed by atoms with E-state index in [-0.39, 0.29) is 18.4 Å². The first-order valence-corrected chi connectivity index (χ1v) is 5.33. The Bertz CT molecular complexity index is 459. The molecule has 5 heteroatoms. The number of nitrogens with two attached hydrogens (primary N) is 1. The lowest BCUT2D eigenvalue weighted by atomic mass is 10.0. The van der Waals surface area contributed by atoms with E-state index in [4.69, 9.17) is 10.5 Å². The molecule has 0 aliphatic carbocycles. The summed E-state index contributed by atoms with van der Waals surface area (Å²) in [5.41, 5.74) is 6.13. The van der Waals surface area contributed by atoms with Crippen molar-refractivity contribution in [2.24, 2.45) is 5.73 Å². The largest absolute Gasteiger partial charge is 0.497 e. The zero-order valence-corrected chi connectivity index (χ0v) is 9.55. The van der Waals surface area contributed by atoms with E-state index < -0.39 is 6.03 Å². The Morgan fingerprint density at radius 3 is 2.94 bits per heavy atom. The molecule has 0 aromatic heterocycles. The van der Waals surface area contributed by atoms with Crippen molar-refractivity contribution in [2.75, 3.05) is 13.7 Å². The minimum absolute atomic E-state index is 0.0246. The molecule has 0 saturated carbocycles. The second kappa shape index (κ2) is 4.45. The Kier molecular flexibility index (Phi) is 2.99. The van der Waals surface area contributed by atoms with Gasteiger partial charge in [0.15, 0.2) is 5.78 Å². The molecule has 17 heavy (non-hydrogen) atoms. The first kappa shape index (κ1) is 11.4. The van der Waals surface area contributed by atoms with E-state index in [0.29, 0.717) is 12.2 Å². The average Bonchev–Trinajstić information content (AvgIpc) is 2.72. The Morgan fingerprint density at radius 1 is 1.53 bits per heavy atom. The summed E-state index contributed by atoms with van der Waals surface area (Å²) in [6, 6.07) is 6.49. The minimum atomic E-state index is -0.566. The van der Waals surface area contributed by atoms with Crippen molar-refractivity contribution in [3.63, 3.8) is 0 Å². The van der Waals surface area contributed by atoms with Gasteiger partial charge in [-0.25, -0.2) is 4.79 Å². The maximum absolute atomic E-state index is 11.4. The standard InChI is InChI=1S/C12H14N2O3/c1-17-10-4-2-3-8(5-10)11-6-9(15)7-14(11)12(13)16/h2-5,11H,6-7H2,1H3,(H2,13,16). The Hall–Kier alpha value is -2.04. The van der Waals surface area contributed by atoms with Crippen LogP contribution >= 0.6 is 0 Å². The molecule has 1 aromatic carbocycles. The third-order valence-corrected chi connectivity index (χ3v) is 2.91. The van der Waals surface area contributed by atoms with E-state index in [1.54, 1.807) is 7.11 Å². The number of carbonyl (C=O) groups excluding carboxylic acids is 2. The Balaban J connectivity index is 2.31. The molecule has 0 spiro atoms. The normalized spacial score (nSPS) is 19.5. The number of nitrogens with zero attached hydrogens (tertiary/aromatic N) is 1. The van der Waals surface area contributed by atoms with Crippen LogP contribution in [0.2, 0.25) is 0 Å². The number of primary amides is 1. The number of hydrogen-bond donors (Lipinski definition) is 1. The van der Waals surface area contributed by atoms with Crippen LogP contribution in [0, 0.1) is 0 Å². The summed E-state index contributed by atoms with van der Waals surface area (Å²) in [5.74, 6) is 0.725. The van der Waals surface area contributed by atoms with E-state index in [9.17, 15) is 9.59 Å². The van der Waals surface area contributed by atoms with Crippen LogP contribution in [0.1, 0.15) is 18.0 Å². The molecule has 1 aliphatic rings. The lowest BCUT2D eigenvalue weighted by Gasteiger charge is -2.22. The van der Waals surface area contributed by atoms with E-state index in [0.717, 1.165) is 5.56 Å². The number of ether oxygens (including phenoxy) is 1. The lowest BCUT2D eigenvalue weighted by molar-refractivity contribution is -0.116. The third-order valence-electron chi connectivity index (χ3n) is 2.91. The molecule has 1 fully saturated rings. The number of methoxy groups -OCH3 is 1. The van der Waals surface area contributed by atoms with Gasteiger partial charge in [-0.2, -0.15) is 0 Å². The lowest BCUT2D eigenvalue weighted by Crippen LogP contribution is -2.35. The maximum Gasteiger partial charge on any atom is 0.315 e. The predicted molar refractivity (Wildman–Crippen MR) is 61.6 cm³/mol. The van der Waals surface area contributed by atoms with Crippen molar-refractivity contribution in [1.29, 1.82) is 0 Å². The fourth-order valence-corrected chi connectivity index (χ4v) is 2.07. The summed E-state index contributed by atoms with van der Waals surface area (Å²) in [4.78, 5) is 24.1. The van der Waals surface area contributed by atoms with Crippen LogP contribution in [0.15, 0.2) is 24.3 Å². The van der Waals surface area contributed by atoms with E-state index in [1.165, 1.54) is 4.90 Å². The Labute approximate surface area is 99.2 Å². The third kappa shape index (κ3) is 2.22. The highest BCUT2D eigenvalue weighted by Gasteiger charge is 2.34. The summed E-state index contributed by atoms with van der Waals surface area (Å²) in [7, 11) is 1.57. The van der Waals surface area contributed by atoms with Gasteiger partial charge in [-0.1, -0.05) is 12.1 Å². The fraction of sp³-hybridized carbons (Fsp3) is 0.333. The SMILES string of the molecule is COc1cccc(C2CC(=O)CN2C(N)=O)c1. The second-order valence-electron chi connectivity index (χ2n) is 4.00. The molecule has 1 saturated heterocycles. The van der Waals surface area contributed by atoms with Gasteiger partial charge in [0.1, 0.15) is 5.75 Å². The van der Waals surface area contributed by atoms with Crippen molar-refractivity contribution < 1.29 is 14.3 Å². The molecule has 1 unspecified atom stereocenters. The van der Waals surface area contributed by atoms with Gasteiger partial charge < -0.3 is 15.4 Å². The van der Waals surface area contributed by atoms with Crippen LogP contribution in [-0.2, 0) is 4.79 Å². The van der Waals surface area contributed by atoms with Crippen molar-refractivity contribution in [2.45, 2.75) is 12.5 Å². The summed E-state index contributed by atoms with van der Waals surface area (Å²) < 4.78 is 5.12. The maximum atomic E-state index is 11.4. The molecular weight excluding hydrogens is 220 g/mol. The first-order valence-electron chi connectivity index (χ1n) is 5.33. The molecule has 2 N–H and O–H groups in total. The molecule has 5 nitrogen and oxygen atoms in total. The number of carbonyl (C=O) groups is 2. The predicted octanol–water partition coefficient (Wildman–Crippen LogP) is 1.09. The molecule has 90 valence electrons. The molecular formula is C12H14N2O3. The number of Topliss-reactive ketones (excluding diaryl/α,β-unsaturated/α-hetero) is 1. The molecule has 1 heterocycles. The van der Waals surface area contributed by atoms with Crippen molar-refractivity contribution in [3.05, 3.63) is 29.8 Å². The van der Waals surface area contributed by atoms with Crippen LogP contribution in [0.5, 0.6) is 5.75 Å². The molecule has 1 aliphatic heterocycles. The van der Waals surface area contributed by atoms with Gasteiger partial charge >= 0.3 is 6.03 Å². The van der Waals surface area contributed by atoms with Gasteiger partial charge in [0.2, 0.25) is 0 Å². The van der Waals surface area contributed by atoms with Crippen LogP contribution in [0.3, 0.4) is 0 Å². The number of hydrogen-bond acceptors (Lipinski definition) is 3. The summed E-state index contributed by atoms with van der Waals surface area (Å²) in [5, 5.41) is 0. The number of likely N-dealkylation sites (tertiary alicyclic amines) is 1. The molecule has 1 atom stereocenters. The minimum Gasteiger partial charge on any atom is -0.497 e. The summed E-state index contributed by atoms with van der Waals surface area (Å²) >= 11 is 0. The topological polar surface area (TPSA) is 72.6 Å². The summed E-state index contributed by atoms with van der Waals surface area (Å²) in [6.07, 6.45) is 0.316. The van der Waals surface area contributed by atoms with E-state index in [1.807, 2.05) is 24.3 Å². The number of amides is 2. The summed E-state index contributed by atoms with van der Waals surface area (Å²) in [6.45, 7) is 0.0945. The molecule has 0 radical (unpaired) electrons. The van der Waals surface area contributed by atoms with E-state index in [2.05, 4.69) is 0 Å². The second-order valence-corrected chi connectivity index (χ2v) is 4.00. The van der Waals surface area contributed by atoms with Gasteiger partial charge in [-0.15, -0.1) is 0 Å². The van der Waals surface area contributed by atoms with Gasteiger partial charge in [-0.3, -0.25) is 4.79 Å². The van der Waals surface area contributed by atoms with Crippen LogP contribution in [0.25, 0.3) is 0 Å². The van der Waals surface area contributed by atoms with Crippen LogP contribution < -0.4 is 10.5 Å². The monoisotopic (exact) mass is 234 g/mol. The Morgan fingerprint density at radius 2 is 2.29 bits per heavy atom. The average molecular weight is 234 g/mol. The number of ketones is 1. The molecule has 2 rings (SSSR count). The number of benzene rings is 1. The van der Waals surface area contributed by atoms with Crippen molar-refractivity contribution in [1.82, 2.24) is 4.90 Å². The molecule has 1 aromatic rings. The highest BCUT2D eigenvalue weighted by molar-refractivity contribution is 5.89. The van der Waals surface area contributed by atoms with Gasteiger partial charge in [0.25, 0.3) is 0 Å². The zero-order valence-electron chi connectivity index (χ0n) is 9.55. The van der Waals surface area contributed by atoms with Gasteiger partial charge in [0, 0.05) is 6.42 Å². The van der Waals surface area contributed by atoms with E-state index >= 15 is 0 Å². The number of rotatable bonds is 2. The fourth-order valence-electron chi connectivity index (χ4n) is 2.07. The van der Waals surface area contributed by atoms with Gasteiger partial charge in [0.05, 0.1) is 19.7 Å². The van der Waals surface area contributed by atoms with Crippen LogP contribution in [-0.4, -0.2) is 30.4 Å². The molecule has 2 amide bonds. The first-order chi connectivity index (χ1) is 8.11. The van der Waals surface area contributed by atoms with Crippen molar-refractivity contribution in [3.8, 4) is 5.75 Å². The zero-order chi connectivity index (χ0) is 12.4. The smallest absolute Gasteiger partial charge is 0.315 e. The molecule has 0 bridgehead atoms. The number of urea groups is 1. The van der Waals surface area contributed by atoms with Crippen molar-refractivity contribution >= 4 is 11.8 Å². The highest BCUT2D eigenvalue weighted by Crippen LogP contribution is 2.31. The highest BCUT2D eigenvalue weighted by atomic mass is 16.5. The van der Waals surface area contributed by atoms with Gasteiger partial charge in [-0.05, 0) is 17.7 Å². The quantitative estimate of drug-likeness (QED) is 0.832.